The summed E-state index contributed by atoms with van der Waals surface area (Å²) in [5.74, 6) is -0.360. The molecule has 0 aliphatic heterocycles. The van der Waals surface area contributed by atoms with Crippen LogP contribution < -0.4 is 11.1 Å². The van der Waals surface area contributed by atoms with E-state index in [0.717, 1.165) is 6.20 Å². The van der Waals surface area contributed by atoms with E-state index >= 15 is 0 Å². The fraction of sp³-hybridized carbons (Fsp3) is 0. The molecule has 0 fully saturated rings. The van der Waals surface area contributed by atoms with Crippen molar-refractivity contribution in [2.24, 2.45) is 5.73 Å². The fourth-order valence-corrected chi connectivity index (χ4v) is 1.27. The predicted octanol–water partition coefficient (Wildman–Crippen LogP) is 1.46. The first-order chi connectivity index (χ1) is 8.16. The number of amides is 1. The number of hydrogen-bond acceptors (Lipinski definition) is 4. The van der Waals surface area contributed by atoms with Gasteiger partial charge in [0.25, 0.3) is 5.91 Å². The molecule has 6 heteroatoms. The third-order valence-electron chi connectivity index (χ3n) is 2.05. The molecule has 0 aliphatic rings. The third-order valence-corrected chi connectivity index (χ3v) is 2.05. The van der Waals surface area contributed by atoms with Gasteiger partial charge in [0.2, 0.25) is 0 Å². The Morgan fingerprint density at radius 3 is 2.76 bits per heavy atom. The Kier molecular flexibility index (Phi) is 2.95. The first-order valence-corrected chi connectivity index (χ1v) is 4.80. The van der Waals surface area contributed by atoms with Crippen molar-refractivity contribution >= 4 is 17.5 Å². The summed E-state index contributed by atoms with van der Waals surface area (Å²) in [4.78, 5) is 18.9. The maximum atomic E-state index is 12.7. The SMILES string of the molecule is NC(=O)c1cccnc1Nc1ccc(F)cn1. The van der Waals surface area contributed by atoms with E-state index in [1.165, 1.54) is 18.3 Å². The molecule has 0 unspecified atom stereocenters. The number of nitrogens with two attached hydrogens (primary N) is 1. The second-order valence-electron chi connectivity index (χ2n) is 3.25. The maximum absolute atomic E-state index is 12.7. The molecule has 86 valence electrons. The second kappa shape index (κ2) is 4.56. The average molecular weight is 232 g/mol. The van der Waals surface area contributed by atoms with Gasteiger partial charge in [-0.25, -0.2) is 14.4 Å². The van der Waals surface area contributed by atoms with E-state index in [4.69, 9.17) is 5.73 Å². The molecule has 0 aliphatic carbocycles. The van der Waals surface area contributed by atoms with Crippen LogP contribution in [-0.2, 0) is 0 Å². The minimum atomic E-state index is -0.595. The highest BCUT2D eigenvalue weighted by Gasteiger charge is 2.08. The molecule has 2 rings (SSSR count). The standard InChI is InChI=1S/C11H9FN4O/c12-7-3-4-9(15-6-7)16-11-8(10(13)17)2-1-5-14-11/h1-6H,(H2,13,17)(H,14,15,16). The molecular weight excluding hydrogens is 223 g/mol. The molecule has 17 heavy (non-hydrogen) atoms. The number of nitrogens with zero attached hydrogens (tertiary/aromatic N) is 2. The van der Waals surface area contributed by atoms with Crippen molar-refractivity contribution in [2.45, 2.75) is 0 Å². The van der Waals surface area contributed by atoms with Crippen LogP contribution in [0, 0.1) is 5.82 Å². The number of carbonyl (C=O) groups is 1. The highest BCUT2D eigenvalue weighted by molar-refractivity contribution is 5.98. The van der Waals surface area contributed by atoms with Crippen molar-refractivity contribution in [2.75, 3.05) is 5.32 Å². The molecule has 0 bridgehead atoms. The summed E-state index contributed by atoms with van der Waals surface area (Å²) in [5, 5.41) is 2.79. The minimum Gasteiger partial charge on any atom is -0.365 e. The van der Waals surface area contributed by atoms with E-state index in [1.54, 1.807) is 12.1 Å². The molecule has 0 radical (unpaired) electrons. The Bertz CT molecular complexity index is 541. The maximum Gasteiger partial charge on any atom is 0.252 e. The van der Waals surface area contributed by atoms with Crippen LogP contribution in [-0.4, -0.2) is 15.9 Å². The van der Waals surface area contributed by atoms with Crippen molar-refractivity contribution in [3.05, 3.63) is 48.0 Å². The topological polar surface area (TPSA) is 80.9 Å². The Labute approximate surface area is 96.5 Å². The first-order valence-electron chi connectivity index (χ1n) is 4.80. The Morgan fingerprint density at radius 1 is 1.29 bits per heavy atom. The van der Waals surface area contributed by atoms with Crippen LogP contribution in [0.1, 0.15) is 10.4 Å². The highest BCUT2D eigenvalue weighted by Crippen LogP contribution is 2.16. The molecule has 0 aromatic carbocycles. The number of aromatic nitrogens is 2. The number of carbonyl (C=O) groups excluding carboxylic acids is 1. The van der Waals surface area contributed by atoms with Crippen molar-refractivity contribution in [1.82, 2.24) is 9.97 Å². The quantitative estimate of drug-likeness (QED) is 0.839. The lowest BCUT2D eigenvalue weighted by Gasteiger charge is -2.07. The molecule has 0 saturated heterocycles. The van der Waals surface area contributed by atoms with Gasteiger partial charge in [-0.3, -0.25) is 4.79 Å². The number of nitrogens with one attached hydrogen (secondary N) is 1. The number of primary amides is 1. The van der Waals surface area contributed by atoms with Gasteiger partial charge in [-0.15, -0.1) is 0 Å². The molecule has 2 aromatic rings. The number of rotatable bonds is 3. The molecule has 0 spiro atoms. The van der Waals surface area contributed by atoms with Gasteiger partial charge in [-0.2, -0.15) is 0 Å². The minimum absolute atomic E-state index is 0.249. The lowest BCUT2D eigenvalue weighted by molar-refractivity contribution is 0.100. The van der Waals surface area contributed by atoms with Crippen LogP contribution in [0.25, 0.3) is 0 Å². The third kappa shape index (κ3) is 2.54. The smallest absolute Gasteiger partial charge is 0.252 e. The molecule has 2 heterocycles. The van der Waals surface area contributed by atoms with Gasteiger partial charge in [0, 0.05) is 6.20 Å². The average Bonchev–Trinajstić information content (AvgIpc) is 2.32. The summed E-state index contributed by atoms with van der Waals surface area (Å²) in [6.45, 7) is 0. The molecule has 0 atom stereocenters. The van der Waals surface area contributed by atoms with Crippen LogP contribution >= 0.6 is 0 Å². The summed E-state index contributed by atoms with van der Waals surface area (Å²) in [6.07, 6.45) is 2.58. The summed E-state index contributed by atoms with van der Waals surface area (Å²) in [6, 6.07) is 5.83. The van der Waals surface area contributed by atoms with Gasteiger partial charge in [-0.1, -0.05) is 0 Å². The van der Waals surface area contributed by atoms with Gasteiger partial charge >= 0.3 is 0 Å². The summed E-state index contributed by atoms with van der Waals surface area (Å²) < 4.78 is 12.7. The van der Waals surface area contributed by atoms with Crippen LogP contribution in [0.3, 0.4) is 0 Å². The molecule has 0 saturated carbocycles. The van der Waals surface area contributed by atoms with E-state index in [-0.39, 0.29) is 5.56 Å². The van der Waals surface area contributed by atoms with Crippen molar-refractivity contribution in [3.63, 3.8) is 0 Å². The zero-order valence-electron chi connectivity index (χ0n) is 8.72. The number of pyridine rings is 2. The Morgan fingerprint density at radius 2 is 2.12 bits per heavy atom. The van der Waals surface area contributed by atoms with Crippen molar-refractivity contribution in [3.8, 4) is 0 Å². The van der Waals surface area contributed by atoms with E-state index in [9.17, 15) is 9.18 Å². The zero-order chi connectivity index (χ0) is 12.3. The lowest BCUT2D eigenvalue weighted by Crippen LogP contribution is -2.14. The fourth-order valence-electron chi connectivity index (χ4n) is 1.27. The van der Waals surface area contributed by atoms with Gasteiger partial charge in [0.15, 0.2) is 0 Å². The van der Waals surface area contributed by atoms with Gasteiger partial charge < -0.3 is 11.1 Å². The van der Waals surface area contributed by atoms with E-state index in [2.05, 4.69) is 15.3 Å². The summed E-state index contributed by atoms with van der Waals surface area (Å²) in [7, 11) is 0. The highest BCUT2D eigenvalue weighted by atomic mass is 19.1. The molecule has 3 N–H and O–H groups in total. The van der Waals surface area contributed by atoms with Crippen LogP contribution in [0.5, 0.6) is 0 Å². The second-order valence-corrected chi connectivity index (χ2v) is 3.25. The molecule has 1 amide bonds. The van der Waals surface area contributed by atoms with E-state index in [0.29, 0.717) is 11.6 Å². The van der Waals surface area contributed by atoms with Crippen LogP contribution in [0.4, 0.5) is 16.0 Å². The number of anilines is 2. The normalized spacial score (nSPS) is 9.94. The number of hydrogen-bond donors (Lipinski definition) is 2. The van der Waals surface area contributed by atoms with Crippen LogP contribution in [0.2, 0.25) is 0 Å². The van der Waals surface area contributed by atoms with Crippen LogP contribution in [0.15, 0.2) is 36.7 Å². The first kappa shape index (κ1) is 11.0. The van der Waals surface area contributed by atoms with Gasteiger partial charge in [-0.05, 0) is 24.3 Å². The largest absolute Gasteiger partial charge is 0.365 e. The molecule has 2 aromatic heterocycles. The van der Waals surface area contributed by atoms with Gasteiger partial charge in [0.05, 0.1) is 11.8 Å². The van der Waals surface area contributed by atoms with E-state index < -0.39 is 11.7 Å². The van der Waals surface area contributed by atoms with E-state index in [1.807, 2.05) is 0 Å². The molecule has 5 nitrogen and oxygen atoms in total. The Balaban J connectivity index is 2.30. The lowest BCUT2D eigenvalue weighted by atomic mass is 10.2. The van der Waals surface area contributed by atoms with Crippen molar-refractivity contribution < 1.29 is 9.18 Å². The molecular formula is C11H9FN4O. The summed E-state index contributed by atoms with van der Waals surface area (Å²) >= 11 is 0. The zero-order valence-corrected chi connectivity index (χ0v) is 8.72. The number of halogens is 1. The van der Waals surface area contributed by atoms with Gasteiger partial charge in [0.1, 0.15) is 17.5 Å². The van der Waals surface area contributed by atoms with Crippen molar-refractivity contribution in [1.29, 1.82) is 0 Å². The summed E-state index contributed by atoms with van der Waals surface area (Å²) in [5.41, 5.74) is 5.44. The monoisotopic (exact) mass is 232 g/mol. The predicted molar refractivity (Wildman–Crippen MR) is 60.2 cm³/mol. The Hall–Kier alpha value is -2.50.